The topological polar surface area (TPSA) is 66.5 Å². The fraction of sp³-hybridized carbons (Fsp3) is 0.375. The number of rotatable bonds is 6. The molecule has 1 atom stereocenters. The maximum Gasteiger partial charge on any atom is 0.229 e. The predicted molar refractivity (Wildman–Crippen MR) is 114 cm³/mol. The van der Waals surface area contributed by atoms with Crippen LogP contribution >= 0.6 is 0 Å². The van der Waals surface area contributed by atoms with Crippen molar-refractivity contribution in [1.29, 1.82) is 0 Å². The number of para-hydroxylation sites is 1. The SMILES string of the molecule is Cc1ccc(C)c(C(=O)CCC(=O)N2CCCC(C(=O)Nc3ccccc3)C2)c1. The average Bonchev–Trinajstić information content (AvgIpc) is 2.74. The highest BCUT2D eigenvalue weighted by Crippen LogP contribution is 2.20. The van der Waals surface area contributed by atoms with E-state index in [1.807, 2.05) is 62.4 Å². The summed E-state index contributed by atoms with van der Waals surface area (Å²) in [5.74, 6) is -0.335. The van der Waals surface area contributed by atoms with E-state index in [2.05, 4.69) is 5.32 Å². The Bertz CT molecular complexity index is 892. The lowest BCUT2D eigenvalue weighted by molar-refractivity contribution is -0.134. The van der Waals surface area contributed by atoms with Crippen LogP contribution in [0, 0.1) is 19.8 Å². The Labute approximate surface area is 172 Å². The third-order valence-electron chi connectivity index (χ3n) is 5.45. The van der Waals surface area contributed by atoms with Gasteiger partial charge in [-0.15, -0.1) is 0 Å². The summed E-state index contributed by atoms with van der Waals surface area (Å²) in [6.07, 6.45) is 1.94. The molecule has 3 rings (SSSR count). The van der Waals surface area contributed by atoms with Crippen LogP contribution in [0.4, 0.5) is 5.69 Å². The number of hydrogen-bond acceptors (Lipinski definition) is 3. The highest BCUT2D eigenvalue weighted by atomic mass is 16.2. The molecular formula is C24H28N2O3. The number of Topliss-reactive ketones (excluding diaryl/α,β-unsaturated/α-hetero) is 1. The molecule has 1 N–H and O–H groups in total. The smallest absolute Gasteiger partial charge is 0.229 e. The maximum absolute atomic E-state index is 12.7. The number of piperidine rings is 1. The zero-order chi connectivity index (χ0) is 20.8. The van der Waals surface area contributed by atoms with Gasteiger partial charge in [0.1, 0.15) is 0 Å². The summed E-state index contributed by atoms with van der Waals surface area (Å²) in [4.78, 5) is 39.5. The Morgan fingerprint density at radius 3 is 2.55 bits per heavy atom. The van der Waals surface area contributed by atoms with Crippen molar-refractivity contribution >= 4 is 23.3 Å². The number of likely N-dealkylation sites (tertiary alicyclic amines) is 1. The van der Waals surface area contributed by atoms with Gasteiger partial charge in [0.15, 0.2) is 5.78 Å². The quantitative estimate of drug-likeness (QED) is 0.751. The lowest BCUT2D eigenvalue weighted by atomic mass is 9.96. The largest absolute Gasteiger partial charge is 0.342 e. The lowest BCUT2D eigenvalue weighted by Crippen LogP contribution is -2.43. The minimum atomic E-state index is -0.220. The van der Waals surface area contributed by atoms with E-state index in [0.717, 1.165) is 29.7 Å². The van der Waals surface area contributed by atoms with E-state index in [1.54, 1.807) is 4.90 Å². The summed E-state index contributed by atoms with van der Waals surface area (Å²) in [6, 6.07) is 15.1. The van der Waals surface area contributed by atoms with Crippen molar-refractivity contribution in [2.75, 3.05) is 18.4 Å². The van der Waals surface area contributed by atoms with Crippen molar-refractivity contribution in [1.82, 2.24) is 4.90 Å². The van der Waals surface area contributed by atoms with Crippen LogP contribution in [-0.4, -0.2) is 35.6 Å². The second-order valence-corrected chi connectivity index (χ2v) is 7.78. The second-order valence-electron chi connectivity index (χ2n) is 7.78. The van der Waals surface area contributed by atoms with Gasteiger partial charge in [0.2, 0.25) is 11.8 Å². The molecule has 1 saturated heterocycles. The van der Waals surface area contributed by atoms with Crippen LogP contribution < -0.4 is 5.32 Å². The van der Waals surface area contributed by atoms with Crippen LogP contribution in [0.15, 0.2) is 48.5 Å². The molecule has 5 nitrogen and oxygen atoms in total. The summed E-state index contributed by atoms with van der Waals surface area (Å²) in [5.41, 5.74) is 3.42. The molecule has 29 heavy (non-hydrogen) atoms. The lowest BCUT2D eigenvalue weighted by Gasteiger charge is -2.32. The normalized spacial score (nSPS) is 16.3. The fourth-order valence-electron chi connectivity index (χ4n) is 3.73. The summed E-state index contributed by atoms with van der Waals surface area (Å²) in [5, 5.41) is 2.92. The molecule has 1 heterocycles. The van der Waals surface area contributed by atoms with E-state index in [4.69, 9.17) is 0 Å². The van der Waals surface area contributed by atoms with Gasteiger partial charge in [-0.2, -0.15) is 0 Å². The standard InChI is InChI=1S/C24H28N2O3/c1-17-10-11-18(2)21(15-17)22(27)12-13-23(28)26-14-6-7-19(16-26)24(29)25-20-8-4-3-5-9-20/h3-5,8-11,15,19H,6-7,12-14,16H2,1-2H3,(H,25,29). The molecule has 0 radical (unpaired) electrons. The van der Waals surface area contributed by atoms with Crippen molar-refractivity contribution in [2.24, 2.45) is 5.92 Å². The number of ketones is 1. The van der Waals surface area contributed by atoms with Crippen LogP contribution in [-0.2, 0) is 9.59 Å². The highest BCUT2D eigenvalue weighted by molar-refractivity contribution is 5.99. The molecule has 2 aromatic rings. The first-order valence-corrected chi connectivity index (χ1v) is 10.2. The number of carbonyl (C=O) groups is 3. The Balaban J connectivity index is 1.53. The molecule has 152 valence electrons. The first-order chi connectivity index (χ1) is 13.9. The Hall–Kier alpha value is -2.95. The third kappa shape index (κ3) is 5.53. The number of nitrogens with one attached hydrogen (secondary N) is 1. The molecular weight excluding hydrogens is 364 g/mol. The molecule has 5 heteroatoms. The zero-order valence-electron chi connectivity index (χ0n) is 17.1. The summed E-state index contributed by atoms with van der Waals surface area (Å²) < 4.78 is 0. The summed E-state index contributed by atoms with van der Waals surface area (Å²) in [6.45, 7) is 4.92. The number of hydrogen-bond donors (Lipinski definition) is 1. The monoisotopic (exact) mass is 392 g/mol. The van der Waals surface area contributed by atoms with Gasteiger partial charge in [-0.3, -0.25) is 14.4 Å². The minimum absolute atomic E-state index is 0.00469. The van der Waals surface area contributed by atoms with Crippen LogP contribution in [0.25, 0.3) is 0 Å². The Kier molecular flexibility index (Phi) is 6.81. The van der Waals surface area contributed by atoms with Gasteiger partial charge in [-0.25, -0.2) is 0 Å². The van der Waals surface area contributed by atoms with E-state index in [1.165, 1.54) is 0 Å². The highest BCUT2D eigenvalue weighted by Gasteiger charge is 2.28. The van der Waals surface area contributed by atoms with E-state index < -0.39 is 0 Å². The molecule has 2 amide bonds. The van der Waals surface area contributed by atoms with Gasteiger partial charge in [0, 0.05) is 37.2 Å². The van der Waals surface area contributed by atoms with E-state index in [-0.39, 0.29) is 36.4 Å². The molecule has 0 aliphatic carbocycles. The molecule has 1 fully saturated rings. The molecule has 0 saturated carbocycles. The van der Waals surface area contributed by atoms with Crippen LogP contribution in [0.1, 0.15) is 47.2 Å². The van der Waals surface area contributed by atoms with Gasteiger partial charge >= 0.3 is 0 Å². The molecule has 0 bridgehead atoms. The van der Waals surface area contributed by atoms with E-state index in [9.17, 15) is 14.4 Å². The molecule has 0 aromatic heterocycles. The van der Waals surface area contributed by atoms with Crippen molar-refractivity contribution in [2.45, 2.75) is 39.5 Å². The fourth-order valence-corrected chi connectivity index (χ4v) is 3.73. The number of amides is 2. The summed E-state index contributed by atoms with van der Waals surface area (Å²) in [7, 11) is 0. The van der Waals surface area contributed by atoms with Gasteiger partial charge in [0.25, 0.3) is 0 Å². The van der Waals surface area contributed by atoms with Crippen LogP contribution in [0.2, 0.25) is 0 Å². The number of nitrogens with zero attached hydrogens (tertiary/aromatic N) is 1. The van der Waals surface area contributed by atoms with Gasteiger partial charge in [-0.05, 0) is 50.5 Å². The Morgan fingerprint density at radius 1 is 1.03 bits per heavy atom. The van der Waals surface area contributed by atoms with E-state index >= 15 is 0 Å². The molecule has 1 aliphatic rings. The van der Waals surface area contributed by atoms with Crippen molar-refractivity contribution < 1.29 is 14.4 Å². The minimum Gasteiger partial charge on any atom is -0.342 e. The first kappa shape index (κ1) is 20.8. The molecule has 0 spiro atoms. The van der Waals surface area contributed by atoms with Gasteiger partial charge in [-0.1, -0.05) is 35.9 Å². The van der Waals surface area contributed by atoms with Gasteiger partial charge < -0.3 is 10.2 Å². The Morgan fingerprint density at radius 2 is 1.79 bits per heavy atom. The summed E-state index contributed by atoms with van der Waals surface area (Å²) >= 11 is 0. The molecule has 2 aromatic carbocycles. The zero-order valence-corrected chi connectivity index (χ0v) is 17.1. The van der Waals surface area contributed by atoms with Crippen LogP contribution in [0.5, 0.6) is 0 Å². The second kappa shape index (κ2) is 9.50. The number of carbonyl (C=O) groups excluding carboxylic acids is 3. The van der Waals surface area contributed by atoms with Crippen molar-refractivity contribution in [3.63, 3.8) is 0 Å². The molecule has 1 aliphatic heterocycles. The number of aryl methyl sites for hydroxylation is 2. The van der Waals surface area contributed by atoms with Gasteiger partial charge in [0.05, 0.1) is 5.92 Å². The number of anilines is 1. The van der Waals surface area contributed by atoms with Crippen molar-refractivity contribution in [3.8, 4) is 0 Å². The predicted octanol–water partition coefficient (Wildman–Crippen LogP) is 4.14. The van der Waals surface area contributed by atoms with Crippen LogP contribution in [0.3, 0.4) is 0 Å². The van der Waals surface area contributed by atoms with Crippen molar-refractivity contribution in [3.05, 3.63) is 65.2 Å². The number of benzene rings is 2. The van der Waals surface area contributed by atoms with E-state index in [0.29, 0.717) is 18.7 Å². The first-order valence-electron chi connectivity index (χ1n) is 10.2. The maximum atomic E-state index is 12.7. The molecule has 1 unspecified atom stereocenters. The average molecular weight is 392 g/mol. The third-order valence-corrected chi connectivity index (χ3v) is 5.45.